The fourth-order valence-corrected chi connectivity index (χ4v) is 3.86. The van der Waals surface area contributed by atoms with E-state index < -0.39 is 20.7 Å². The molecule has 0 spiro atoms. The Morgan fingerprint density at radius 1 is 1.33 bits per heavy atom. The third-order valence-corrected chi connectivity index (χ3v) is 5.27. The lowest BCUT2D eigenvalue weighted by atomic mass is 9.88. The summed E-state index contributed by atoms with van der Waals surface area (Å²) in [5.41, 5.74) is 0.762. The van der Waals surface area contributed by atoms with E-state index in [2.05, 4.69) is 4.90 Å². The average Bonchev–Trinajstić information content (AvgIpc) is 2.87. The lowest BCUT2D eigenvalue weighted by Gasteiger charge is -2.33. The highest BCUT2D eigenvalue weighted by atomic mass is 32.2. The third-order valence-electron chi connectivity index (χ3n) is 4.35. The van der Waals surface area contributed by atoms with Gasteiger partial charge in [0.05, 0.1) is 6.61 Å². The first-order valence-corrected chi connectivity index (χ1v) is 8.59. The van der Waals surface area contributed by atoms with Gasteiger partial charge in [0.1, 0.15) is 10.7 Å². The van der Waals surface area contributed by atoms with Gasteiger partial charge in [0.2, 0.25) is 10.0 Å². The standard InChI is InChI=1S/C14H19FN2O3S/c15-13-2-1-10(5-14(13)21(16,18)19)6-17-4-3-11-8-20-9-12(11)7-17/h1-2,5,11-12H,3-4,6-9H2,(H2,16,18,19). The molecule has 0 aliphatic carbocycles. The van der Waals surface area contributed by atoms with E-state index in [9.17, 15) is 12.8 Å². The third kappa shape index (κ3) is 3.26. The monoisotopic (exact) mass is 314 g/mol. The van der Waals surface area contributed by atoms with Gasteiger partial charge in [-0.1, -0.05) is 6.07 Å². The molecule has 2 aliphatic heterocycles. The summed E-state index contributed by atoms with van der Waals surface area (Å²) in [5, 5.41) is 5.03. The lowest BCUT2D eigenvalue weighted by Crippen LogP contribution is -2.39. The number of ether oxygens (including phenoxy) is 1. The zero-order valence-corrected chi connectivity index (χ0v) is 12.5. The Morgan fingerprint density at radius 3 is 2.86 bits per heavy atom. The molecule has 5 nitrogen and oxygen atoms in total. The average molecular weight is 314 g/mol. The van der Waals surface area contributed by atoms with Crippen molar-refractivity contribution in [3.8, 4) is 0 Å². The highest BCUT2D eigenvalue weighted by Gasteiger charge is 2.33. The molecule has 0 amide bonds. The van der Waals surface area contributed by atoms with Crippen molar-refractivity contribution >= 4 is 10.0 Å². The smallest absolute Gasteiger partial charge is 0.240 e. The molecule has 1 aromatic carbocycles. The molecule has 0 aromatic heterocycles. The van der Waals surface area contributed by atoms with Crippen LogP contribution in [0, 0.1) is 17.7 Å². The number of fused-ring (bicyclic) bond motifs is 1. The predicted molar refractivity (Wildman–Crippen MR) is 75.5 cm³/mol. The van der Waals surface area contributed by atoms with Crippen LogP contribution in [0.4, 0.5) is 4.39 Å². The zero-order chi connectivity index (χ0) is 15.0. The summed E-state index contributed by atoms with van der Waals surface area (Å²) in [6.45, 7) is 4.14. The van der Waals surface area contributed by atoms with Crippen LogP contribution in [0.2, 0.25) is 0 Å². The van der Waals surface area contributed by atoms with E-state index in [0.29, 0.717) is 18.4 Å². The Morgan fingerprint density at radius 2 is 2.10 bits per heavy atom. The minimum Gasteiger partial charge on any atom is -0.381 e. The van der Waals surface area contributed by atoms with Gasteiger partial charge in [-0.25, -0.2) is 17.9 Å². The summed E-state index contributed by atoms with van der Waals surface area (Å²) < 4.78 is 41.7. The molecular formula is C14H19FN2O3S. The maximum Gasteiger partial charge on any atom is 0.240 e. The van der Waals surface area contributed by atoms with Gasteiger partial charge in [0.15, 0.2) is 0 Å². The van der Waals surface area contributed by atoms with Crippen molar-refractivity contribution in [1.29, 1.82) is 0 Å². The molecule has 116 valence electrons. The van der Waals surface area contributed by atoms with Gasteiger partial charge in [0, 0.05) is 25.6 Å². The Balaban J connectivity index is 1.73. The maximum absolute atomic E-state index is 13.5. The minimum absolute atomic E-state index is 0.431. The number of nitrogens with zero attached hydrogens (tertiary/aromatic N) is 1. The molecule has 2 unspecified atom stereocenters. The molecule has 21 heavy (non-hydrogen) atoms. The van der Waals surface area contributed by atoms with Crippen LogP contribution in [0.1, 0.15) is 12.0 Å². The highest BCUT2D eigenvalue weighted by Crippen LogP contribution is 2.30. The molecule has 2 N–H and O–H groups in total. The van der Waals surface area contributed by atoms with Crippen molar-refractivity contribution in [2.75, 3.05) is 26.3 Å². The summed E-state index contributed by atoms with van der Waals surface area (Å²) in [6, 6.07) is 4.11. The molecule has 0 bridgehead atoms. The van der Waals surface area contributed by atoms with Gasteiger partial charge in [-0.3, -0.25) is 4.90 Å². The number of likely N-dealkylation sites (tertiary alicyclic amines) is 1. The van der Waals surface area contributed by atoms with Crippen molar-refractivity contribution < 1.29 is 17.5 Å². The van der Waals surface area contributed by atoms with Gasteiger partial charge in [-0.05, 0) is 36.6 Å². The van der Waals surface area contributed by atoms with Crippen molar-refractivity contribution in [3.05, 3.63) is 29.6 Å². The summed E-state index contributed by atoms with van der Waals surface area (Å²) in [5.74, 6) is 0.399. The van der Waals surface area contributed by atoms with Crippen LogP contribution in [-0.4, -0.2) is 39.6 Å². The van der Waals surface area contributed by atoms with Crippen LogP contribution in [0.25, 0.3) is 0 Å². The second-order valence-electron chi connectivity index (χ2n) is 5.89. The van der Waals surface area contributed by atoms with Crippen molar-refractivity contribution in [2.24, 2.45) is 17.0 Å². The first-order chi connectivity index (χ1) is 9.93. The van der Waals surface area contributed by atoms with Gasteiger partial charge in [-0.2, -0.15) is 0 Å². The van der Waals surface area contributed by atoms with E-state index in [1.54, 1.807) is 6.07 Å². The summed E-state index contributed by atoms with van der Waals surface area (Å²) in [4.78, 5) is 1.83. The Bertz CT molecular complexity index is 635. The van der Waals surface area contributed by atoms with Crippen LogP contribution in [0.5, 0.6) is 0 Å². The van der Waals surface area contributed by atoms with Crippen LogP contribution < -0.4 is 5.14 Å². The summed E-state index contributed by atoms with van der Waals surface area (Å²) in [6.07, 6.45) is 1.09. The van der Waals surface area contributed by atoms with Gasteiger partial charge >= 0.3 is 0 Å². The molecule has 2 atom stereocenters. The van der Waals surface area contributed by atoms with Gasteiger partial charge in [0.25, 0.3) is 0 Å². The van der Waals surface area contributed by atoms with Crippen LogP contribution in [0.15, 0.2) is 23.1 Å². The Labute approximate surface area is 123 Å². The fourth-order valence-electron chi connectivity index (χ4n) is 3.20. The molecule has 0 saturated carbocycles. The van der Waals surface area contributed by atoms with E-state index in [1.807, 2.05) is 0 Å². The van der Waals surface area contributed by atoms with Gasteiger partial charge < -0.3 is 4.74 Å². The number of hydrogen-bond acceptors (Lipinski definition) is 4. The first-order valence-electron chi connectivity index (χ1n) is 7.05. The van der Waals surface area contributed by atoms with E-state index in [0.717, 1.165) is 38.3 Å². The Kier molecular flexibility index (Phi) is 4.00. The molecular weight excluding hydrogens is 295 g/mol. The van der Waals surface area contributed by atoms with E-state index in [-0.39, 0.29) is 0 Å². The number of benzene rings is 1. The normalized spacial score (nSPS) is 26.8. The number of sulfonamides is 1. The second kappa shape index (κ2) is 5.64. The number of hydrogen-bond donors (Lipinski definition) is 1. The number of nitrogens with two attached hydrogens (primary N) is 1. The van der Waals surface area contributed by atoms with Crippen LogP contribution in [-0.2, 0) is 21.3 Å². The zero-order valence-electron chi connectivity index (χ0n) is 11.7. The maximum atomic E-state index is 13.5. The van der Waals surface area contributed by atoms with Crippen LogP contribution >= 0.6 is 0 Å². The number of piperidine rings is 1. The fraction of sp³-hybridized carbons (Fsp3) is 0.571. The van der Waals surface area contributed by atoms with Crippen LogP contribution in [0.3, 0.4) is 0 Å². The summed E-state index contributed by atoms with van der Waals surface area (Å²) in [7, 11) is -4.02. The molecule has 1 aromatic rings. The minimum atomic E-state index is -4.02. The van der Waals surface area contributed by atoms with E-state index >= 15 is 0 Å². The highest BCUT2D eigenvalue weighted by molar-refractivity contribution is 7.89. The largest absolute Gasteiger partial charge is 0.381 e. The topological polar surface area (TPSA) is 72.6 Å². The molecule has 0 radical (unpaired) electrons. The quantitative estimate of drug-likeness (QED) is 0.901. The second-order valence-corrected chi connectivity index (χ2v) is 7.42. The van der Waals surface area contributed by atoms with Gasteiger partial charge in [-0.15, -0.1) is 0 Å². The number of rotatable bonds is 3. The Hall–Kier alpha value is -1.02. The molecule has 3 rings (SSSR count). The predicted octanol–water partition coefficient (Wildman–Crippen LogP) is 0.941. The molecule has 7 heteroatoms. The summed E-state index contributed by atoms with van der Waals surface area (Å²) >= 11 is 0. The number of halogens is 1. The molecule has 2 heterocycles. The van der Waals surface area contributed by atoms with E-state index in [4.69, 9.17) is 9.88 Å². The van der Waals surface area contributed by atoms with Crippen molar-refractivity contribution in [1.82, 2.24) is 4.90 Å². The SMILES string of the molecule is NS(=O)(=O)c1cc(CN2CCC3COCC3C2)ccc1F. The molecule has 2 saturated heterocycles. The van der Waals surface area contributed by atoms with Crippen molar-refractivity contribution in [3.63, 3.8) is 0 Å². The molecule has 2 fully saturated rings. The van der Waals surface area contributed by atoms with Crippen molar-refractivity contribution in [2.45, 2.75) is 17.9 Å². The van der Waals surface area contributed by atoms with E-state index in [1.165, 1.54) is 12.1 Å². The first kappa shape index (κ1) is 14.9. The number of primary sulfonamides is 1. The lowest BCUT2D eigenvalue weighted by molar-refractivity contribution is 0.140. The molecule has 2 aliphatic rings.